The van der Waals surface area contributed by atoms with Crippen molar-refractivity contribution in [3.8, 4) is 0 Å². The van der Waals surface area contributed by atoms with Gasteiger partial charge in [0.05, 0.1) is 31.8 Å². The fourth-order valence-corrected chi connectivity index (χ4v) is 7.85. The van der Waals surface area contributed by atoms with E-state index in [-0.39, 0.29) is 65.7 Å². The predicted molar refractivity (Wildman–Crippen MR) is 157 cm³/mol. The third-order valence-corrected chi connectivity index (χ3v) is 10.4. The van der Waals surface area contributed by atoms with Crippen LogP contribution < -0.4 is 22.2 Å². The number of nitrogens with two attached hydrogens (primary N) is 1. The van der Waals surface area contributed by atoms with Gasteiger partial charge in [-0.2, -0.15) is 4.98 Å². The van der Waals surface area contributed by atoms with Gasteiger partial charge in [-0.1, -0.05) is 13.8 Å². The van der Waals surface area contributed by atoms with E-state index in [1.807, 2.05) is 13.8 Å². The molecule has 8 atom stereocenters. The Morgan fingerprint density at radius 2 is 1.84 bits per heavy atom. The lowest BCUT2D eigenvalue weighted by atomic mass is 9.93. The van der Waals surface area contributed by atoms with Crippen LogP contribution in [0.2, 0.25) is 0 Å². The van der Waals surface area contributed by atoms with E-state index in [2.05, 4.69) is 25.3 Å². The number of imidazole rings is 1. The smallest absolute Gasteiger partial charge is 0.369 e. The number of rotatable bonds is 11. The molecule has 0 aromatic carbocycles. The number of nitrogens with one attached hydrogen (secondary N) is 2. The third kappa shape index (κ3) is 7.13. The van der Waals surface area contributed by atoms with E-state index in [9.17, 15) is 33.4 Å². The lowest BCUT2D eigenvalue weighted by Crippen LogP contribution is -2.27. The number of H-pyrrole nitrogens is 1. The molecule has 4 heterocycles. The van der Waals surface area contributed by atoms with Gasteiger partial charge in [-0.05, 0) is 30.6 Å². The Kier molecular flexibility index (Phi) is 9.18. The molecule has 1 aliphatic carbocycles. The molecule has 5 rings (SSSR count). The number of ether oxygens (including phenoxy) is 1. The van der Waals surface area contributed by atoms with Gasteiger partial charge in [-0.3, -0.25) is 28.2 Å². The van der Waals surface area contributed by atoms with Gasteiger partial charge in [0.15, 0.2) is 17.0 Å². The normalized spacial score (nSPS) is 28.8. The highest BCUT2D eigenvalue weighted by Crippen LogP contribution is 2.51. The predicted octanol–water partition coefficient (Wildman–Crippen LogP) is 0.783. The summed E-state index contributed by atoms with van der Waals surface area (Å²) >= 11 is 0. The van der Waals surface area contributed by atoms with E-state index in [1.165, 1.54) is 23.3 Å². The molecule has 44 heavy (non-hydrogen) atoms. The zero-order chi connectivity index (χ0) is 32.0. The van der Waals surface area contributed by atoms with E-state index in [0.29, 0.717) is 12.8 Å². The maximum atomic E-state index is 13.3. The first-order valence-corrected chi connectivity index (χ1v) is 17.2. The van der Waals surface area contributed by atoms with Gasteiger partial charge in [0.2, 0.25) is 5.95 Å². The van der Waals surface area contributed by atoms with Gasteiger partial charge in [0.25, 0.3) is 11.1 Å². The first-order valence-electron chi connectivity index (χ1n) is 13.9. The van der Waals surface area contributed by atoms with Crippen LogP contribution in [0, 0.1) is 23.7 Å². The molecule has 0 bridgehead atoms. The summed E-state index contributed by atoms with van der Waals surface area (Å²) in [4.78, 5) is 68.7. The summed E-state index contributed by atoms with van der Waals surface area (Å²) in [6.07, 6.45) is 3.53. The van der Waals surface area contributed by atoms with E-state index >= 15 is 0 Å². The average molecular weight is 659 g/mol. The van der Waals surface area contributed by atoms with Crippen molar-refractivity contribution in [2.45, 2.75) is 45.1 Å². The molecule has 1 unspecified atom stereocenters. The maximum Gasteiger partial charge on any atom is 0.469 e. The Balaban J connectivity index is 1.25. The standard InChI is InChI=1S/C24H36N8O10P2/c1-12-13(2)23(32-11-27-18-20(32)29-24(25)30-21(18)33)42-17(12)9-40-43(35,36)10-15-7-16(6-14(15)8-41-44(37,38)39)28-19-22(34)31(3)5-4-26-19/h4-5,11-17,23H,6-10H2,1-3H3,(H,26,28)(H,35,36)(H2,37,38,39)(H3,25,29,30,33)/t12-,13+,14+,15+,16+,17+,23+/m0/s1. The summed E-state index contributed by atoms with van der Waals surface area (Å²) in [5.74, 6) is -1.24. The van der Waals surface area contributed by atoms with Crippen molar-refractivity contribution in [3.63, 3.8) is 0 Å². The highest BCUT2D eigenvalue weighted by atomic mass is 31.2. The van der Waals surface area contributed by atoms with Gasteiger partial charge in [0.1, 0.15) is 6.23 Å². The molecule has 20 heteroatoms. The molecular weight excluding hydrogens is 622 g/mol. The SMILES string of the molecule is C[C@@H]1[C@H](C)[C@@H](COP(=O)(O)C[C@H]2C[C@H](Nc3nccn(C)c3=O)C[C@@H]2COP(=O)(O)O)O[C@H]1n1cnc2c(=O)[nH]c(N)nc21. The first-order chi connectivity index (χ1) is 20.6. The Morgan fingerprint density at radius 3 is 2.57 bits per heavy atom. The molecule has 1 saturated heterocycles. The minimum absolute atomic E-state index is 0.0691. The monoisotopic (exact) mass is 658 g/mol. The van der Waals surface area contributed by atoms with Gasteiger partial charge >= 0.3 is 15.4 Å². The number of nitrogen functional groups attached to an aromatic ring is 1. The lowest BCUT2D eigenvalue weighted by molar-refractivity contribution is -0.0307. The molecule has 0 spiro atoms. The number of phosphoric acid groups is 1. The largest absolute Gasteiger partial charge is 0.469 e. The van der Waals surface area contributed by atoms with Gasteiger partial charge in [-0.15, -0.1) is 0 Å². The van der Waals surface area contributed by atoms with Crippen molar-refractivity contribution in [3.05, 3.63) is 39.4 Å². The number of aryl methyl sites for hydroxylation is 1. The van der Waals surface area contributed by atoms with Crippen molar-refractivity contribution in [2.75, 3.05) is 30.4 Å². The summed E-state index contributed by atoms with van der Waals surface area (Å²) in [6, 6.07) is -0.368. The summed E-state index contributed by atoms with van der Waals surface area (Å²) in [5, 5.41) is 3.05. The van der Waals surface area contributed by atoms with Crippen LogP contribution in [0.25, 0.3) is 11.2 Å². The van der Waals surface area contributed by atoms with Gasteiger partial charge in [-0.25, -0.2) is 14.5 Å². The molecule has 2 aliphatic rings. The van der Waals surface area contributed by atoms with E-state index < -0.39 is 45.1 Å². The summed E-state index contributed by atoms with van der Waals surface area (Å²) in [6.45, 7) is 3.29. The topological polar surface area (TPSA) is 259 Å². The van der Waals surface area contributed by atoms with Crippen LogP contribution >= 0.6 is 15.4 Å². The molecule has 18 nitrogen and oxygen atoms in total. The number of phosphoric ester groups is 1. The minimum Gasteiger partial charge on any atom is -0.369 e. The quantitative estimate of drug-likeness (QED) is 0.156. The average Bonchev–Trinajstić information content (AvgIpc) is 3.60. The Labute approximate surface area is 250 Å². The Morgan fingerprint density at radius 1 is 1.11 bits per heavy atom. The second kappa shape index (κ2) is 12.4. The van der Waals surface area contributed by atoms with Crippen LogP contribution in [-0.2, 0) is 30.0 Å². The fraction of sp³-hybridized carbons (Fsp3) is 0.625. The van der Waals surface area contributed by atoms with Crippen LogP contribution in [-0.4, -0.2) is 75.3 Å². The van der Waals surface area contributed by atoms with Crippen molar-refractivity contribution in [1.82, 2.24) is 29.1 Å². The number of hydrogen-bond acceptors (Lipinski definition) is 12. The molecule has 1 aliphatic heterocycles. The van der Waals surface area contributed by atoms with Crippen LogP contribution in [0.5, 0.6) is 0 Å². The molecule has 0 radical (unpaired) electrons. The van der Waals surface area contributed by atoms with Crippen LogP contribution in [0.15, 0.2) is 28.3 Å². The van der Waals surface area contributed by atoms with Crippen molar-refractivity contribution in [1.29, 1.82) is 0 Å². The second-order valence-electron chi connectivity index (χ2n) is 11.5. The van der Waals surface area contributed by atoms with Crippen LogP contribution in [0.4, 0.5) is 11.8 Å². The number of anilines is 2. The highest BCUT2D eigenvalue weighted by molar-refractivity contribution is 7.52. The number of fused-ring (bicyclic) bond motifs is 1. The Bertz CT molecular complexity index is 1720. The number of aromatic nitrogens is 6. The van der Waals surface area contributed by atoms with Crippen molar-refractivity contribution in [2.24, 2.45) is 30.7 Å². The molecule has 1 saturated carbocycles. The molecule has 7 N–H and O–H groups in total. The van der Waals surface area contributed by atoms with Crippen LogP contribution in [0.1, 0.15) is 32.9 Å². The van der Waals surface area contributed by atoms with Crippen molar-refractivity contribution < 1.29 is 37.6 Å². The molecule has 3 aromatic rings. The maximum absolute atomic E-state index is 13.3. The van der Waals surface area contributed by atoms with Gasteiger partial charge in [0, 0.05) is 31.4 Å². The minimum atomic E-state index is -4.79. The number of nitrogens with zero attached hydrogens (tertiary/aromatic N) is 5. The highest BCUT2D eigenvalue weighted by Gasteiger charge is 2.44. The first kappa shape index (κ1) is 32.4. The number of hydrogen-bond donors (Lipinski definition) is 6. The second-order valence-corrected chi connectivity index (χ2v) is 14.6. The molecular formula is C24H36N8O10P2. The Hall–Kier alpha value is -2.95. The van der Waals surface area contributed by atoms with E-state index in [4.69, 9.17) is 19.5 Å². The fourth-order valence-electron chi connectivity index (χ4n) is 5.94. The van der Waals surface area contributed by atoms with E-state index in [1.54, 1.807) is 11.6 Å². The summed E-state index contributed by atoms with van der Waals surface area (Å²) in [5.41, 5.74) is 5.23. The zero-order valence-corrected chi connectivity index (χ0v) is 26.0. The van der Waals surface area contributed by atoms with Crippen molar-refractivity contribution >= 4 is 38.3 Å². The third-order valence-electron chi connectivity index (χ3n) is 8.47. The van der Waals surface area contributed by atoms with Crippen LogP contribution in [0.3, 0.4) is 0 Å². The number of aromatic amines is 1. The summed E-state index contributed by atoms with van der Waals surface area (Å²) in [7, 11) is -7.44. The zero-order valence-electron chi connectivity index (χ0n) is 24.2. The lowest BCUT2D eigenvalue weighted by Gasteiger charge is -2.23. The van der Waals surface area contributed by atoms with E-state index in [0.717, 1.165) is 0 Å². The molecule has 3 aromatic heterocycles. The summed E-state index contributed by atoms with van der Waals surface area (Å²) < 4.78 is 44.1. The molecule has 0 amide bonds. The van der Waals surface area contributed by atoms with Gasteiger partial charge < -0.3 is 39.6 Å². The molecule has 2 fully saturated rings. The molecule has 242 valence electrons.